The molecule has 0 aliphatic rings. The zero-order valence-corrected chi connectivity index (χ0v) is 9.62. The van der Waals surface area contributed by atoms with Crippen molar-refractivity contribution in [2.24, 2.45) is 0 Å². The van der Waals surface area contributed by atoms with E-state index in [1.54, 1.807) is 11.3 Å². The van der Waals surface area contributed by atoms with Gasteiger partial charge in [-0.1, -0.05) is 36.4 Å². The van der Waals surface area contributed by atoms with Gasteiger partial charge in [-0.3, -0.25) is 0 Å². The van der Waals surface area contributed by atoms with Crippen molar-refractivity contribution in [1.29, 1.82) is 0 Å². The van der Waals surface area contributed by atoms with Gasteiger partial charge in [0.2, 0.25) is 0 Å². The molecule has 1 heterocycles. The molecule has 2 aromatic rings. The summed E-state index contributed by atoms with van der Waals surface area (Å²) < 4.78 is 0. The van der Waals surface area contributed by atoms with Gasteiger partial charge < -0.3 is 5.73 Å². The lowest BCUT2D eigenvalue weighted by Crippen LogP contribution is -1.72. The van der Waals surface area contributed by atoms with Crippen LogP contribution in [0.5, 0.6) is 0 Å². The molecule has 0 bridgehead atoms. The summed E-state index contributed by atoms with van der Waals surface area (Å²) in [4.78, 5) is 0. The van der Waals surface area contributed by atoms with Gasteiger partial charge in [0, 0.05) is 0 Å². The third-order valence-electron chi connectivity index (χ3n) is 1.21. The minimum Gasteiger partial charge on any atom is -0.391 e. The fourth-order valence-electron chi connectivity index (χ4n) is 0.676. The van der Waals surface area contributed by atoms with Crippen LogP contribution in [-0.4, -0.2) is 0 Å². The molecule has 0 spiro atoms. The van der Waals surface area contributed by atoms with Crippen molar-refractivity contribution < 1.29 is 0 Å². The molecule has 0 radical (unpaired) electrons. The summed E-state index contributed by atoms with van der Waals surface area (Å²) in [5.41, 5.74) is 5.30. The lowest BCUT2D eigenvalue weighted by Gasteiger charge is -1.69. The average molecular weight is 211 g/mol. The van der Waals surface area contributed by atoms with Crippen LogP contribution in [0.25, 0.3) is 0 Å². The van der Waals surface area contributed by atoms with Crippen LogP contribution < -0.4 is 5.73 Å². The van der Waals surface area contributed by atoms with Gasteiger partial charge in [-0.25, -0.2) is 0 Å². The Balaban J connectivity index is 0.000000206. The van der Waals surface area contributed by atoms with Crippen molar-refractivity contribution >= 4 is 26.2 Å². The van der Waals surface area contributed by atoms with Crippen LogP contribution in [-0.2, 0) is 0 Å². The second kappa shape index (κ2) is 7.78. The standard InChI is InChI=1S/C6H6.C4H5NS.H3P/c1-2-4-6-5-3-1;5-4-2-1-3-6-4;/h1-6H;1-3H,5H2;1H3. The van der Waals surface area contributed by atoms with Crippen molar-refractivity contribution in [3.05, 3.63) is 53.9 Å². The van der Waals surface area contributed by atoms with E-state index in [1.165, 1.54) is 0 Å². The van der Waals surface area contributed by atoms with Gasteiger partial charge in [0.1, 0.15) is 0 Å². The van der Waals surface area contributed by atoms with E-state index in [4.69, 9.17) is 5.73 Å². The summed E-state index contributed by atoms with van der Waals surface area (Å²) in [5, 5.41) is 2.84. The van der Waals surface area contributed by atoms with E-state index in [2.05, 4.69) is 0 Å². The normalized spacial score (nSPS) is 7.69. The van der Waals surface area contributed by atoms with Crippen LogP contribution >= 0.6 is 21.2 Å². The maximum Gasteiger partial charge on any atom is 0.0856 e. The number of benzene rings is 1. The number of anilines is 1. The van der Waals surface area contributed by atoms with Gasteiger partial charge in [-0.15, -0.1) is 11.3 Å². The molecule has 2 rings (SSSR count). The van der Waals surface area contributed by atoms with Crippen molar-refractivity contribution in [3.63, 3.8) is 0 Å². The number of nitrogen functional groups attached to an aromatic ring is 1. The van der Waals surface area contributed by atoms with Crippen LogP contribution in [0, 0.1) is 0 Å². The largest absolute Gasteiger partial charge is 0.391 e. The Morgan fingerprint density at radius 1 is 0.846 bits per heavy atom. The summed E-state index contributed by atoms with van der Waals surface area (Å²) in [6.45, 7) is 0. The van der Waals surface area contributed by atoms with Gasteiger partial charge in [-0.2, -0.15) is 9.90 Å². The number of hydrogen-bond acceptors (Lipinski definition) is 2. The molecular weight excluding hydrogens is 197 g/mol. The number of hydrogen-bond donors (Lipinski definition) is 1. The van der Waals surface area contributed by atoms with E-state index in [0.29, 0.717) is 0 Å². The summed E-state index contributed by atoms with van der Waals surface area (Å²) in [7, 11) is 0. The van der Waals surface area contributed by atoms with Crippen molar-refractivity contribution in [1.82, 2.24) is 0 Å². The van der Waals surface area contributed by atoms with Gasteiger partial charge in [0.05, 0.1) is 5.00 Å². The minimum absolute atomic E-state index is 0. The van der Waals surface area contributed by atoms with Crippen LogP contribution in [0.1, 0.15) is 0 Å². The first-order chi connectivity index (χ1) is 5.89. The molecule has 0 aliphatic carbocycles. The van der Waals surface area contributed by atoms with E-state index in [9.17, 15) is 0 Å². The predicted molar refractivity (Wildman–Crippen MR) is 66.3 cm³/mol. The number of thiophene rings is 1. The molecule has 1 aromatic heterocycles. The molecule has 1 nitrogen and oxygen atoms in total. The number of nitrogens with two attached hydrogens (primary N) is 1. The molecule has 2 N–H and O–H groups in total. The van der Waals surface area contributed by atoms with Crippen LogP contribution in [0.3, 0.4) is 0 Å². The Hall–Kier alpha value is -0.850. The second-order valence-corrected chi connectivity index (χ2v) is 3.15. The highest BCUT2D eigenvalue weighted by molar-refractivity contribution is 7.13. The maximum atomic E-state index is 5.30. The SMILES string of the molecule is Nc1cccs1.P.c1ccccc1. The van der Waals surface area contributed by atoms with Crippen LogP contribution in [0.2, 0.25) is 0 Å². The van der Waals surface area contributed by atoms with E-state index < -0.39 is 0 Å². The van der Waals surface area contributed by atoms with Gasteiger partial charge >= 0.3 is 0 Å². The quantitative estimate of drug-likeness (QED) is 0.666. The molecule has 0 fully saturated rings. The molecule has 0 saturated heterocycles. The van der Waals surface area contributed by atoms with E-state index in [-0.39, 0.29) is 9.90 Å². The Kier molecular flexibility index (Phi) is 7.27. The molecule has 1 aromatic carbocycles. The fraction of sp³-hybridized carbons (Fsp3) is 0. The van der Waals surface area contributed by atoms with Gasteiger partial charge in [-0.05, 0) is 17.5 Å². The molecule has 70 valence electrons. The third-order valence-corrected chi connectivity index (χ3v) is 1.91. The maximum absolute atomic E-state index is 5.30. The van der Waals surface area contributed by atoms with E-state index in [0.717, 1.165) is 5.00 Å². The summed E-state index contributed by atoms with van der Waals surface area (Å²) in [5.74, 6) is 0. The zero-order chi connectivity index (χ0) is 8.65. The smallest absolute Gasteiger partial charge is 0.0856 e. The summed E-state index contributed by atoms with van der Waals surface area (Å²) >= 11 is 1.56. The lowest BCUT2D eigenvalue weighted by molar-refractivity contribution is 1.72. The van der Waals surface area contributed by atoms with Crippen LogP contribution in [0.4, 0.5) is 5.00 Å². The molecule has 0 amide bonds. The molecule has 13 heavy (non-hydrogen) atoms. The first kappa shape index (κ1) is 12.2. The second-order valence-electron chi connectivity index (χ2n) is 2.17. The summed E-state index contributed by atoms with van der Waals surface area (Å²) in [6, 6.07) is 15.8. The van der Waals surface area contributed by atoms with Gasteiger partial charge in [0.25, 0.3) is 0 Å². The zero-order valence-electron chi connectivity index (χ0n) is 7.39. The molecule has 1 unspecified atom stereocenters. The Morgan fingerprint density at radius 3 is 1.46 bits per heavy atom. The van der Waals surface area contributed by atoms with Gasteiger partial charge in [0.15, 0.2) is 0 Å². The first-order valence-corrected chi connectivity index (χ1v) is 4.56. The third kappa shape index (κ3) is 6.32. The topological polar surface area (TPSA) is 26.0 Å². The highest BCUT2D eigenvalue weighted by atomic mass is 32.1. The van der Waals surface area contributed by atoms with Crippen LogP contribution in [0.15, 0.2) is 53.9 Å². The van der Waals surface area contributed by atoms with E-state index in [1.807, 2.05) is 53.9 Å². The molecule has 0 saturated carbocycles. The molecule has 0 aliphatic heterocycles. The number of rotatable bonds is 0. The predicted octanol–water partition coefficient (Wildman–Crippen LogP) is 3.08. The van der Waals surface area contributed by atoms with Crippen molar-refractivity contribution in [2.75, 3.05) is 5.73 Å². The first-order valence-electron chi connectivity index (χ1n) is 3.68. The Labute approximate surface area is 86.2 Å². The van der Waals surface area contributed by atoms with Crippen molar-refractivity contribution in [2.45, 2.75) is 0 Å². The van der Waals surface area contributed by atoms with E-state index >= 15 is 0 Å². The molecule has 3 heteroatoms. The molecule has 1 atom stereocenters. The monoisotopic (exact) mass is 211 g/mol. The molecular formula is C10H14NPS. The summed E-state index contributed by atoms with van der Waals surface area (Å²) in [6.07, 6.45) is 0. The Morgan fingerprint density at radius 2 is 1.31 bits per heavy atom. The lowest BCUT2D eigenvalue weighted by atomic mass is 10.4. The highest BCUT2D eigenvalue weighted by Gasteiger charge is 1.75. The Bertz CT molecular complexity index is 254. The average Bonchev–Trinajstić information content (AvgIpc) is 2.60. The minimum atomic E-state index is 0. The van der Waals surface area contributed by atoms with Crippen molar-refractivity contribution in [3.8, 4) is 0 Å². The fourth-order valence-corrected chi connectivity index (χ4v) is 1.15. The highest BCUT2D eigenvalue weighted by Crippen LogP contribution is 2.07.